The molecule has 1 aliphatic rings. The zero-order valence-electron chi connectivity index (χ0n) is 11.5. The molecule has 20 heavy (non-hydrogen) atoms. The van der Waals surface area contributed by atoms with Crippen molar-refractivity contribution < 1.29 is 14.6 Å². The normalized spacial score (nSPS) is 18.3. The number of aliphatic hydroxyl groups is 1. The molecule has 2 heterocycles. The number of aromatic nitrogens is 2. The van der Waals surface area contributed by atoms with Crippen molar-refractivity contribution in [3.05, 3.63) is 16.4 Å². The van der Waals surface area contributed by atoms with E-state index in [1.54, 1.807) is 20.8 Å². The lowest BCUT2D eigenvalue weighted by Crippen LogP contribution is -2.34. The number of carbonyl (C=O) groups excluding carboxylic acids is 1. The lowest BCUT2D eigenvalue weighted by atomic mass is 10.2. The lowest BCUT2D eigenvalue weighted by Gasteiger charge is -2.22. The summed E-state index contributed by atoms with van der Waals surface area (Å²) in [5.41, 5.74) is -0.932. The molecule has 2 N–H and O–H groups in total. The number of amides is 1. The van der Waals surface area contributed by atoms with E-state index in [1.807, 2.05) is 0 Å². The maximum absolute atomic E-state index is 11.9. The first-order valence-corrected chi connectivity index (χ1v) is 7.16. The van der Waals surface area contributed by atoms with E-state index in [9.17, 15) is 14.7 Å². The first-order chi connectivity index (χ1) is 9.24. The minimum absolute atomic E-state index is 0.152. The Morgan fingerprint density at radius 1 is 1.60 bits per heavy atom. The number of anilines is 1. The number of rotatable bonds is 1. The van der Waals surface area contributed by atoms with Gasteiger partial charge in [-0.15, -0.1) is 0 Å². The van der Waals surface area contributed by atoms with Crippen molar-refractivity contribution in [2.45, 2.75) is 44.2 Å². The molecule has 0 saturated heterocycles. The van der Waals surface area contributed by atoms with Crippen LogP contribution in [-0.4, -0.2) is 38.2 Å². The van der Waals surface area contributed by atoms with Crippen LogP contribution in [0.1, 0.15) is 20.8 Å². The summed E-state index contributed by atoms with van der Waals surface area (Å²) >= 11 is 1.28. The molecule has 1 aromatic heterocycles. The molecule has 1 aromatic rings. The predicted octanol–water partition coefficient (Wildman–Crippen LogP) is 1.06. The van der Waals surface area contributed by atoms with Gasteiger partial charge in [-0.3, -0.25) is 14.7 Å². The SMILES string of the molecule is CC(C)(C)OC(=O)Nc1cc(=O)n2c(n1)SCC(O)C2. The maximum atomic E-state index is 11.9. The van der Waals surface area contributed by atoms with E-state index in [1.165, 1.54) is 22.4 Å². The smallest absolute Gasteiger partial charge is 0.413 e. The van der Waals surface area contributed by atoms with E-state index in [0.717, 1.165) is 0 Å². The molecule has 0 fully saturated rings. The molecular formula is C12H17N3O4S. The van der Waals surface area contributed by atoms with Crippen LogP contribution in [0.2, 0.25) is 0 Å². The van der Waals surface area contributed by atoms with Gasteiger partial charge in [0.15, 0.2) is 5.16 Å². The van der Waals surface area contributed by atoms with Crippen LogP contribution in [0.25, 0.3) is 0 Å². The summed E-state index contributed by atoms with van der Waals surface area (Å²) < 4.78 is 6.48. The van der Waals surface area contributed by atoms with Crippen LogP contribution in [0.3, 0.4) is 0 Å². The Morgan fingerprint density at radius 3 is 2.95 bits per heavy atom. The molecule has 8 heteroatoms. The number of thioether (sulfide) groups is 1. The van der Waals surface area contributed by atoms with E-state index in [2.05, 4.69) is 10.3 Å². The van der Waals surface area contributed by atoms with Crippen LogP contribution < -0.4 is 10.9 Å². The average molecular weight is 299 g/mol. The van der Waals surface area contributed by atoms with E-state index < -0.39 is 17.8 Å². The predicted molar refractivity (Wildman–Crippen MR) is 75.1 cm³/mol. The number of carbonyl (C=O) groups is 1. The number of hydrogen-bond acceptors (Lipinski definition) is 6. The molecule has 0 saturated carbocycles. The third-order valence-corrected chi connectivity index (χ3v) is 3.52. The molecule has 1 amide bonds. The summed E-state index contributed by atoms with van der Waals surface area (Å²) in [7, 11) is 0. The molecule has 0 aliphatic carbocycles. The highest BCUT2D eigenvalue weighted by molar-refractivity contribution is 7.99. The highest BCUT2D eigenvalue weighted by atomic mass is 32.2. The van der Waals surface area contributed by atoms with Crippen LogP contribution in [0.4, 0.5) is 10.6 Å². The van der Waals surface area contributed by atoms with E-state index in [-0.39, 0.29) is 17.9 Å². The van der Waals surface area contributed by atoms with Gasteiger partial charge in [-0.2, -0.15) is 0 Å². The van der Waals surface area contributed by atoms with Crippen LogP contribution in [0.5, 0.6) is 0 Å². The van der Waals surface area contributed by atoms with Crippen LogP contribution in [0.15, 0.2) is 16.0 Å². The fourth-order valence-electron chi connectivity index (χ4n) is 1.67. The van der Waals surface area contributed by atoms with Gasteiger partial charge in [0.1, 0.15) is 11.4 Å². The number of aliphatic hydroxyl groups excluding tert-OH is 1. The van der Waals surface area contributed by atoms with Crippen molar-refractivity contribution >= 4 is 23.7 Å². The topological polar surface area (TPSA) is 93.5 Å². The molecule has 1 atom stereocenters. The van der Waals surface area contributed by atoms with Gasteiger partial charge in [0.25, 0.3) is 5.56 Å². The van der Waals surface area contributed by atoms with Gasteiger partial charge in [0.05, 0.1) is 12.6 Å². The summed E-state index contributed by atoms with van der Waals surface area (Å²) in [6.07, 6.45) is -1.22. The van der Waals surface area contributed by atoms with Gasteiger partial charge in [-0.1, -0.05) is 11.8 Å². The van der Waals surface area contributed by atoms with Crippen LogP contribution in [-0.2, 0) is 11.3 Å². The highest BCUT2D eigenvalue weighted by Gasteiger charge is 2.21. The fraction of sp³-hybridized carbons (Fsp3) is 0.583. The van der Waals surface area contributed by atoms with E-state index in [0.29, 0.717) is 10.9 Å². The summed E-state index contributed by atoms with van der Waals surface area (Å²) in [4.78, 5) is 27.7. The van der Waals surface area contributed by atoms with E-state index in [4.69, 9.17) is 4.74 Å². The quantitative estimate of drug-likeness (QED) is 0.753. The van der Waals surface area contributed by atoms with Crippen molar-refractivity contribution in [1.82, 2.24) is 9.55 Å². The summed E-state index contributed by atoms with van der Waals surface area (Å²) in [5.74, 6) is 0.627. The number of hydrogen-bond donors (Lipinski definition) is 2. The molecule has 1 unspecified atom stereocenters. The number of nitrogens with zero attached hydrogens (tertiary/aromatic N) is 2. The zero-order chi connectivity index (χ0) is 14.9. The highest BCUT2D eigenvalue weighted by Crippen LogP contribution is 2.22. The Labute approximate surface area is 120 Å². The van der Waals surface area contributed by atoms with Gasteiger partial charge < -0.3 is 9.84 Å². The third kappa shape index (κ3) is 3.73. The molecule has 7 nitrogen and oxygen atoms in total. The van der Waals surface area contributed by atoms with Gasteiger partial charge >= 0.3 is 6.09 Å². The molecule has 1 aliphatic heterocycles. The van der Waals surface area contributed by atoms with Gasteiger partial charge in [0.2, 0.25) is 0 Å². The van der Waals surface area contributed by atoms with Gasteiger partial charge in [0, 0.05) is 11.8 Å². The molecule has 0 aromatic carbocycles. The molecule has 0 bridgehead atoms. The summed E-state index contributed by atoms with van der Waals surface area (Å²) in [5, 5.41) is 12.4. The van der Waals surface area contributed by atoms with Crippen molar-refractivity contribution in [3.8, 4) is 0 Å². The standard InChI is InChI=1S/C12H17N3O4S/c1-12(2,3)19-11(18)14-8-4-9(17)15-5-7(16)6-20-10(15)13-8/h4,7,16H,5-6H2,1-3H3,(H,14,18). The molecule has 2 rings (SSSR count). The van der Waals surface area contributed by atoms with Crippen LogP contribution >= 0.6 is 11.8 Å². The second-order valence-corrected chi connectivity index (χ2v) is 6.45. The van der Waals surface area contributed by atoms with Gasteiger partial charge in [-0.25, -0.2) is 9.78 Å². The van der Waals surface area contributed by atoms with Crippen molar-refractivity contribution in [1.29, 1.82) is 0 Å². The minimum atomic E-state index is -0.657. The molecule has 110 valence electrons. The first kappa shape index (κ1) is 14.9. The first-order valence-electron chi connectivity index (χ1n) is 6.17. The average Bonchev–Trinajstić information content (AvgIpc) is 2.27. The fourth-order valence-corrected chi connectivity index (χ4v) is 2.60. The molecular weight excluding hydrogens is 282 g/mol. The lowest BCUT2D eigenvalue weighted by molar-refractivity contribution is 0.0635. The Bertz CT molecular complexity index is 579. The van der Waals surface area contributed by atoms with Gasteiger partial charge in [-0.05, 0) is 20.8 Å². The Balaban J connectivity index is 2.17. The number of fused-ring (bicyclic) bond motifs is 1. The Morgan fingerprint density at radius 2 is 2.30 bits per heavy atom. The second-order valence-electron chi connectivity index (χ2n) is 5.46. The summed E-state index contributed by atoms with van der Waals surface area (Å²) in [6, 6.07) is 1.21. The van der Waals surface area contributed by atoms with Crippen LogP contribution in [0, 0.1) is 0 Å². The Hall–Kier alpha value is -1.54. The third-order valence-electron chi connectivity index (χ3n) is 2.40. The summed E-state index contributed by atoms with van der Waals surface area (Å²) in [6.45, 7) is 5.47. The van der Waals surface area contributed by atoms with Crippen molar-refractivity contribution in [3.63, 3.8) is 0 Å². The van der Waals surface area contributed by atoms with Crippen molar-refractivity contribution in [2.24, 2.45) is 0 Å². The molecule has 0 radical (unpaired) electrons. The maximum Gasteiger partial charge on any atom is 0.413 e. The largest absolute Gasteiger partial charge is 0.444 e. The zero-order valence-corrected chi connectivity index (χ0v) is 12.4. The monoisotopic (exact) mass is 299 g/mol. The minimum Gasteiger partial charge on any atom is -0.444 e. The molecule has 0 spiro atoms. The second kappa shape index (κ2) is 5.45. The Kier molecular flexibility index (Phi) is 4.05. The number of ether oxygens (including phenoxy) is 1. The van der Waals surface area contributed by atoms with Crippen molar-refractivity contribution in [2.75, 3.05) is 11.1 Å². The van der Waals surface area contributed by atoms with E-state index >= 15 is 0 Å². The number of nitrogens with one attached hydrogen (secondary N) is 1.